The molecule has 0 unspecified atom stereocenters. The van der Waals surface area contributed by atoms with E-state index in [1.54, 1.807) is 11.9 Å². The van der Waals surface area contributed by atoms with E-state index >= 15 is 0 Å². The number of carbonyl (C=O) groups is 1. The van der Waals surface area contributed by atoms with Crippen LogP contribution in [0, 0.1) is 5.92 Å². The SMILES string of the molecule is C=CC(=O)N(C)CCOc1ccc(C2CCC(CCCCC)CC2)cc1. The highest BCUT2D eigenvalue weighted by atomic mass is 16.5. The highest BCUT2D eigenvalue weighted by Crippen LogP contribution is 2.38. The summed E-state index contributed by atoms with van der Waals surface area (Å²) in [5, 5.41) is 0. The summed E-state index contributed by atoms with van der Waals surface area (Å²) in [7, 11) is 1.76. The van der Waals surface area contributed by atoms with Crippen LogP contribution < -0.4 is 4.74 Å². The predicted octanol–water partition coefficient (Wildman–Crippen LogP) is 5.56. The molecule has 0 aliphatic heterocycles. The molecular weight excluding hydrogens is 322 g/mol. The predicted molar refractivity (Wildman–Crippen MR) is 109 cm³/mol. The van der Waals surface area contributed by atoms with E-state index in [9.17, 15) is 4.79 Å². The molecule has 0 saturated heterocycles. The summed E-state index contributed by atoms with van der Waals surface area (Å²) in [6, 6.07) is 8.57. The molecule has 144 valence electrons. The fourth-order valence-corrected chi connectivity index (χ4v) is 3.87. The van der Waals surface area contributed by atoms with Gasteiger partial charge in [0, 0.05) is 7.05 Å². The summed E-state index contributed by atoms with van der Waals surface area (Å²) in [6.45, 7) is 6.84. The Morgan fingerprint density at radius 3 is 2.50 bits per heavy atom. The molecule has 0 aromatic heterocycles. The van der Waals surface area contributed by atoms with Gasteiger partial charge in [-0.2, -0.15) is 0 Å². The van der Waals surface area contributed by atoms with Crippen LogP contribution in [0.1, 0.15) is 69.8 Å². The molecule has 1 aliphatic rings. The van der Waals surface area contributed by atoms with Gasteiger partial charge >= 0.3 is 0 Å². The summed E-state index contributed by atoms with van der Waals surface area (Å²) in [6.07, 6.45) is 12.3. The van der Waals surface area contributed by atoms with E-state index in [4.69, 9.17) is 4.74 Å². The molecule has 0 N–H and O–H groups in total. The average Bonchev–Trinajstić information content (AvgIpc) is 2.68. The van der Waals surface area contributed by atoms with Crippen LogP contribution in [0.3, 0.4) is 0 Å². The van der Waals surface area contributed by atoms with E-state index in [-0.39, 0.29) is 5.91 Å². The average molecular weight is 358 g/mol. The monoisotopic (exact) mass is 357 g/mol. The number of likely N-dealkylation sites (N-methyl/N-ethyl adjacent to an activating group) is 1. The third kappa shape index (κ3) is 6.51. The Balaban J connectivity index is 1.72. The standard InChI is InChI=1S/C23H35NO2/c1-4-6-7-8-19-9-11-20(12-10-19)21-13-15-22(16-14-21)26-18-17-24(3)23(25)5-2/h5,13-16,19-20H,2,4,6-12,17-18H2,1,3H3. The second-order valence-corrected chi connectivity index (χ2v) is 7.59. The van der Waals surface area contributed by atoms with Crippen molar-refractivity contribution in [1.82, 2.24) is 4.90 Å². The number of unbranched alkanes of at least 4 members (excludes halogenated alkanes) is 2. The van der Waals surface area contributed by atoms with Gasteiger partial charge in [-0.05, 0) is 61.3 Å². The topological polar surface area (TPSA) is 29.5 Å². The molecule has 26 heavy (non-hydrogen) atoms. The molecule has 1 saturated carbocycles. The maximum atomic E-state index is 11.4. The van der Waals surface area contributed by atoms with Crippen LogP contribution >= 0.6 is 0 Å². The van der Waals surface area contributed by atoms with Crippen molar-refractivity contribution in [3.8, 4) is 5.75 Å². The first kappa shape index (κ1) is 20.5. The molecule has 0 spiro atoms. The lowest BCUT2D eigenvalue weighted by molar-refractivity contribution is -0.125. The minimum atomic E-state index is -0.0748. The zero-order valence-electron chi connectivity index (χ0n) is 16.6. The van der Waals surface area contributed by atoms with E-state index in [2.05, 4.69) is 37.8 Å². The third-order valence-corrected chi connectivity index (χ3v) is 5.66. The van der Waals surface area contributed by atoms with Gasteiger partial charge in [0.1, 0.15) is 12.4 Å². The molecule has 0 bridgehead atoms. The first-order valence-corrected chi connectivity index (χ1v) is 10.2. The molecule has 1 aromatic carbocycles. The number of hydrogen-bond donors (Lipinski definition) is 0. The Labute approximate surface area is 159 Å². The molecule has 0 heterocycles. The van der Waals surface area contributed by atoms with Crippen LogP contribution in [0.5, 0.6) is 5.75 Å². The Hall–Kier alpha value is -1.77. The van der Waals surface area contributed by atoms with Crippen molar-refractivity contribution >= 4 is 5.91 Å². The van der Waals surface area contributed by atoms with E-state index in [1.807, 2.05) is 0 Å². The second kappa shape index (κ2) is 11.1. The Bertz CT molecular complexity index is 544. The summed E-state index contributed by atoms with van der Waals surface area (Å²) in [5.41, 5.74) is 1.45. The van der Waals surface area contributed by atoms with Crippen LogP contribution in [0.2, 0.25) is 0 Å². The first-order chi connectivity index (χ1) is 12.6. The number of rotatable bonds is 10. The fourth-order valence-electron chi connectivity index (χ4n) is 3.87. The van der Waals surface area contributed by atoms with Crippen molar-refractivity contribution in [2.24, 2.45) is 5.92 Å². The lowest BCUT2D eigenvalue weighted by Gasteiger charge is -2.29. The number of carbonyl (C=O) groups excluding carboxylic acids is 1. The van der Waals surface area contributed by atoms with Crippen LogP contribution in [0.4, 0.5) is 0 Å². The van der Waals surface area contributed by atoms with Gasteiger partial charge in [-0.3, -0.25) is 4.79 Å². The molecule has 3 nitrogen and oxygen atoms in total. The van der Waals surface area contributed by atoms with Gasteiger partial charge in [0.05, 0.1) is 6.54 Å². The molecule has 3 heteroatoms. The quantitative estimate of drug-likeness (QED) is 0.405. The van der Waals surface area contributed by atoms with Crippen molar-refractivity contribution in [3.05, 3.63) is 42.5 Å². The second-order valence-electron chi connectivity index (χ2n) is 7.59. The molecule has 2 rings (SSSR count). The first-order valence-electron chi connectivity index (χ1n) is 10.2. The lowest BCUT2D eigenvalue weighted by Crippen LogP contribution is -2.29. The van der Waals surface area contributed by atoms with E-state index in [1.165, 1.54) is 63.0 Å². The van der Waals surface area contributed by atoms with Crippen molar-refractivity contribution in [1.29, 1.82) is 0 Å². The molecule has 1 aromatic rings. The highest BCUT2D eigenvalue weighted by molar-refractivity contribution is 5.86. The van der Waals surface area contributed by atoms with Gasteiger partial charge in [0.15, 0.2) is 0 Å². The maximum absolute atomic E-state index is 11.4. The smallest absolute Gasteiger partial charge is 0.245 e. The Kier molecular flexibility index (Phi) is 8.73. The van der Waals surface area contributed by atoms with Crippen LogP contribution in [0.15, 0.2) is 36.9 Å². The van der Waals surface area contributed by atoms with Crippen molar-refractivity contribution in [2.75, 3.05) is 20.2 Å². The van der Waals surface area contributed by atoms with Gasteiger partial charge in [-0.25, -0.2) is 0 Å². The normalized spacial score (nSPS) is 19.8. The minimum Gasteiger partial charge on any atom is -0.492 e. The van der Waals surface area contributed by atoms with Gasteiger partial charge in [0.25, 0.3) is 0 Å². The number of amides is 1. The van der Waals surface area contributed by atoms with Crippen LogP contribution in [-0.4, -0.2) is 31.0 Å². The summed E-state index contributed by atoms with van der Waals surface area (Å²) < 4.78 is 5.76. The molecule has 0 radical (unpaired) electrons. The lowest BCUT2D eigenvalue weighted by atomic mass is 9.77. The molecular formula is C23H35NO2. The molecule has 1 amide bonds. The Morgan fingerprint density at radius 2 is 1.88 bits per heavy atom. The number of ether oxygens (including phenoxy) is 1. The van der Waals surface area contributed by atoms with Gasteiger partial charge in [-0.15, -0.1) is 0 Å². The van der Waals surface area contributed by atoms with Gasteiger partial charge < -0.3 is 9.64 Å². The van der Waals surface area contributed by atoms with Crippen molar-refractivity contribution in [2.45, 2.75) is 64.2 Å². The summed E-state index contributed by atoms with van der Waals surface area (Å²) in [5.74, 6) is 2.47. The zero-order valence-corrected chi connectivity index (χ0v) is 16.6. The van der Waals surface area contributed by atoms with Crippen molar-refractivity contribution in [3.63, 3.8) is 0 Å². The van der Waals surface area contributed by atoms with Crippen LogP contribution in [0.25, 0.3) is 0 Å². The largest absolute Gasteiger partial charge is 0.492 e. The van der Waals surface area contributed by atoms with Gasteiger partial charge in [0.2, 0.25) is 5.91 Å². The molecule has 0 atom stereocenters. The van der Waals surface area contributed by atoms with E-state index in [0.717, 1.165) is 11.7 Å². The molecule has 1 aliphatic carbocycles. The third-order valence-electron chi connectivity index (χ3n) is 5.66. The highest BCUT2D eigenvalue weighted by Gasteiger charge is 2.22. The van der Waals surface area contributed by atoms with Gasteiger partial charge in [-0.1, -0.05) is 51.3 Å². The Morgan fingerprint density at radius 1 is 1.19 bits per heavy atom. The van der Waals surface area contributed by atoms with Crippen molar-refractivity contribution < 1.29 is 9.53 Å². The number of hydrogen-bond acceptors (Lipinski definition) is 2. The van der Waals surface area contributed by atoms with E-state index < -0.39 is 0 Å². The molecule has 1 fully saturated rings. The number of benzene rings is 1. The maximum Gasteiger partial charge on any atom is 0.245 e. The summed E-state index contributed by atoms with van der Waals surface area (Å²) >= 11 is 0. The zero-order chi connectivity index (χ0) is 18.8. The minimum absolute atomic E-state index is 0.0748. The van der Waals surface area contributed by atoms with E-state index in [0.29, 0.717) is 19.1 Å². The number of nitrogens with zero attached hydrogens (tertiary/aromatic N) is 1. The summed E-state index contributed by atoms with van der Waals surface area (Å²) in [4.78, 5) is 13.0. The van der Waals surface area contributed by atoms with Crippen LogP contribution in [-0.2, 0) is 4.79 Å². The fraction of sp³-hybridized carbons (Fsp3) is 0.609.